The molecule has 128 valence electrons. The van der Waals surface area contributed by atoms with Crippen molar-refractivity contribution in [2.45, 2.75) is 51.8 Å². The van der Waals surface area contributed by atoms with E-state index < -0.39 is 28.8 Å². The second kappa shape index (κ2) is 5.40. The number of amides is 1. The highest BCUT2D eigenvalue weighted by atomic mass is 79.9. The van der Waals surface area contributed by atoms with Crippen LogP contribution in [0.1, 0.15) is 45.7 Å². The van der Waals surface area contributed by atoms with E-state index in [1.807, 2.05) is 13.8 Å². The average molecular weight is 394 g/mol. The number of anilines is 1. The van der Waals surface area contributed by atoms with E-state index in [9.17, 15) is 18.0 Å². The Hall–Kier alpha value is -1.24. The number of nitrogens with zero attached hydrogens (tertiary/aromatic N) is 1. The first-order chi connectivity index (χ1) is 10.2. The third kappa shape index (κ3) is 3.65. The van der Waals surface area contributed by atoms with Crippen LogP contribution in [0.25, 0.3) is 0 Å². The Balaban J connectivity index is 2.53. The molecule has 7 heteroatoms. The van der Waals surface area contributed by atoms with E-state index in [4.69, 9.17) is 4.74 Å². The minimum atomic E-state index is -4.50. The Morgan fingerprint density at radius 2 is 1.83 bits per heavy atom. The molecule has 0 saturated carbocycles. The third-order valence-electron chi connectivity index (χ3n) is 3.58. The Bertz CT molecular complexity index is 648. The molecular weight excluding hydrogens is 375 g/mol. The monoisotopic (exact) mass is 393 g/mol. The highest BCUT2D eigenvalue weighted by Gasteiger charge is 2.43. The molecule has 2 rings (SSSR count). The zero-order valence-electron chi connectivity index (χ0n) is 13.6. The van der Waals surface area contributed by atoms with Crippen LogP contribution >= 0.6 is 15.9 Å². The molecule has 0 saturated heterocycles. The topological polar surface area (TPSA) is 29.5 Å². The maximum Gasteiger partial charge on any atom is 0.417 e. The van der Waals surface area contributed by atoms with Crippen LogP contribution < -0.4 is 4.90 Å². The normalized spacial score (nSPS) is 17.2. The first-order valence-electron chi connectivity index (χ1n) is 7.14. The second-order valence-electron chi connectivity index (χ2n) is 7.30. The average Bonchev–Trinajstić information content (AvgIpc) is 2.57. The summed E-state index contributed by atoms with van der Waals surface area (Å²) in [6.07, 6.45) is -5.14. The molecule has 0 N–H and O–H groups in total. The number of carbonyl (C=O) groups excluding carboxylic acids is 1. The lowest BCUT2D eigenvalue weighted by Crippen LogP contribution is -2.38. The predicted octanol–water partition coefficient (Wildman–Crippen LogP) is 5.50. The quantitative estimate of drug-likeness (QED) is 0.582. The molecule has 0 radical (unpaired) electrons. The number of fused-ring (bicyclic) bond motifs is 1. The second-order valence-corrected chi connectivity index (χ2v) is 8.15. The zero-order chi connectivity index (χ0) is 17.8. The molecule has 0 spiro atoms. The summed E-state index contributed by atoms with van der Waals surface area (Å²) in [7, 11) is 0. The molecule has 1 heterocycles. The fourth-order valence-electron chi connectivity index (χ4n) is 2.59. The summed E-state index contributed by atoms with van der Waals surface area (Å²) in [6, 6.07) is 2.46. The van der Waals surface area contributed by atoms with E-state index in [1.54, 1.807) is 20.8 Å². The molecule has 23 heavy (non-hydrogen) atoms. The number of benzene rings is 1. The Kier molecular flexibility index (Phi) is 4.25. The van der Waals surface area contributed by atoms with E-state index >= 15 is 0 Å². The van der Waals surface area contributed by atoms with Gasteiger partial charge in [0.2, 0.25) is 0 Å². The zero-order valence-corrected chi connectivity index (χ0v) is 15.2. The predicted molar refractivity (Wildman–Crippen MR) is 85.8 cm³/mol. The highest BCUT2D eigenvalue weighted by molar-refractivity contribution is 9.10. The maximum absolute atomic E-state index is 13.1. The van der Waals surface area contributed by atoms with Gasteiger partial charge in [0, 0.05) is 16.4 Å². The van der Waals surface area contributed by atoms with Crippen molar-refractivity contribution < 1.29 is 22.7 Å². The summed E-state index contributed by atoms with van der Waals surface area (Å²) in [5.74, 6) is 0. The third-order valence-corrected chi connectivity index (χ3v) is 4.23. The van der Waals surface area contributed by atoms with Crippen molar-refractivity contribution in [3.63, 3.8) is 0 Å². The van der Waals surface area contributed by atoms with Crippen LogP contribution in [0.3, 0.4) is 0 Å². The first-order valence-corrected chi connectivity index (χ1v) is 7.93. The maximum atomic E-state index is 13.1. The molecule has 0 bridgehead atoms. The smallest absolute Gasteiger partial charge is 0.417 e. The molecule has 1 aromatic carbocycles. The van der Waals surface area contributed by atoms with Gasteiger partial charge in [-0.2, -0.15) is 13.2 Å². The summed E-state index contributed by atoms with van der Waals surface area (Å²) < 4.78 is 44.7. The van der Waals surface area contributed by atoms with Crippen molar-refractivity contribution in [1.82, 2.24) is 0 Å². The Morgan fingerprint density at radius 1 is 1.26 bits per heavy atom. The minimum absolute atomic E-state index is 0.0251. The molecule has 0 aliphatic carbocycles. The summed E-state index contributed by atoms with van der Waals surface area (Å²) >= 11 is 2.99. The van der Waals surface area contributed by atoms with Gasteiger partial charge < -0.3 is 4.74 Å². The van der Waals surface area contributed by atoms with Gasteiger partial charge in [-0.05, 0) is 38.5 Å². The van der Waals surface area contributed by atoms with Crippen LogP contribution in [-0.2, 0) is 16.3 Å². The number of rotatable bonds is 0. The molecule has 0 unspecified atom stereocenters. The van der Waals surface area contributed by atoms with E-state index in [2.05, 4.69) is 15.9 Å². The molecule has 0 fully saturated rings. The van der Waals surface area contributed by atoms with Gasteiger partial charge in [0.15, 0.2) is 0 Å². The van der Waals surface area contributed by atoms with Crippen molar-refractivity contribution in [1.29, 1.82) is 0 Å². The molecule has 0 aromatic heterocycles. The number of alkyl halides is 3. The molecule has 1 aliphatic rings. The van der Waals surface area contributed by atoms with Gasteiger partial charge in [-0.1, -0.05) is 29.8 Å². The van der Waals surface area contributed by atoms with Crippen molar-refractivity contribution in [2.75, 3.05) is 11.4 Å². The van der Waals surface area contributed by atoms with Crippen LogP contribution in [0, 0.1) is 0 Å². The van der Waals surface area contributed by atoms with Gasteiger partial charge in [0.05, 0.1) is 11.3 Å². The van der Waals surface area contributed by atoms with Crippen LogP contribution in [0.4, 0.5) is 23.7 Å². The van der Waals surface area contributed by atoms with E-state index in [0.29, 0.717) is 5.56 Å². The molecule has 0 atom stereocenters. The summed E-state index contributed by atoms with van der Waals surface area (Å²) in [6.45, 7) is 9.19. The van der Waals surface area contributed by atoms with Crippen molar-refractivity contribution in [3.8, 4) is 0 Å². The molecule has 1 aliphatic heterocycles. The van der Waals surface area contributed by atoms with Gasteiger partial charge in [0.25, 0.3) is 0 Å². The highest BCUT2D eigenvalue weighted by Crippen LogP contribution is 2.46. The van der Waals surface area contributed by atoms with E-state index in [1.165, 1.54) is 11.0 Å². The fraction of sp³-hybridized carbons (Fsp3) is 0.562. The number of hydrogen-bond donors (Lipinski definition) is 0. The van der Waals surface area contributed by atoms with Crippen molar-refractivity contribution >= 4 is 27.7 Å². The number of carbonyl (C=O) groups is 1. The van der Waals surface area contributed by atoms with Gasteiger partial charge >= 0.3 is 12.3 Å². The molecule has 1 amide bonds. The molecule has 1 aromatic rings. The van der Waals surface area contributed by atoms with Crippen molar-refractivity contribution in [2.24, 2.45) is 0 Å². The Labute approximate surface area is 141 Å². The van der Waals surface area contributed by atoms with Crippen LogP contribution in [0.15, 0.2) is 16.6 Å². The first kappa shape index (κ1) is 18.1. The van der Waals surface area contributed by atoms with Gasteiger partial charge in [-0.25, -0.2) is 4.79 Å². The Morgan fingerprint density at radius 3 is 2.30 bits per heavy atom. The van der Waals surface area contributed by atoms with E-state index in [-0.39, 0.29) is 16.7 Å². The van der Waals surface area contributed by atoms with E-state index in [0.717, 1.165) is 6.07 Å². The van der Waals surface area contributed by atoms with Crippen molar-refractivity contribution in [3.05, 3.63) is 27.7 Å². The molecular formula is C16H19BrF3NO2. The number of hydrogen-bond acceptors (Lipinski definition) is 2. The fourth-order valence-corrected chi connectivity index (χ4v) is 3.16. The lowest BCUT2D eigenvalue weighted by molar-refractivity contribution is -0.138. The van der Waals surface area contributed by atoms with Gasteiger partial charge in [-0.15, -0.1) is 0 Å². The van der Waals surface area contributed by atoms with Gasteiger partial charge in [-0.3, -0.25) is 4.90 Å². The summed E-state index contributed by atoms with van der Waals surface area (Å²) in [4.78, 5) is 13.6. The van der Waals surface area contributed by atoms with Gasteiger partial charge in [0.1, 0.15) is 5.60 Å². The minimum Gasteiger partial charge on any atom is -0.443 e. The lowest BCUT2D eigenvalue weighted by atomic mass is 9.86. The van der Waals surface area contributed by atoms with Crippen LogP contribution in [-0.4, -0.2) is 18.2 Å². The van der Waals surface area contributed by atoms with Crippen LogP contribution in [0.5, 0.6) is 0 Å². The standard InChI is InChI=1S/C16H19BrF3NO2/c1-14(2,3)23-13(22)21-8-15(4,5)10-6-11(17)9(7-12(10)21)16(18,19)20/h6-7H,8H2,1-5H3. The lowest BCUT2D eigenvalue weighted by Gasteiger charge is -2.26. The number of halogens is 4. The SMILES string of the molecule is CC(C)(C)OC(=O)N1CC(C)(C)c2cc(Br)c(C(F)(F)F)cc21. The summed E-state index contributed by atoms with van der Waals surface area (Å²) in [5, 5.41) is 0. The largest absolute Gasteiger partial charge is 0.443 e. The summed E-state index contributed by atoms with van der Waals surface area (Å²) in [5.41, 5.74) is -1.05. The van der Waals surface area contributed by atoms with Crippen LogP contribution in [0.2, 0.25) is 0 Å². The molecule has 3 nitrogen and oxygen atoms in total. The number of ether oxygens (including phenoxy) is 1.